The first kappa shape index (κ1) is 17.2. The number of carbonyl (C=O) groups is 1. The number of rotatable bonds is 6. The lowest BCUT2D eigenvalue weighted by atomic mass is 10.1. The highest BCUT2D eigenvalue weighted by atomic mass is 32.2. The smallest absolute Gasteiger partial charge is 0.293 e. The van der Waals surface area contributed by atoms with Gasteiger partial charge in [0.2, 0.25) is 5.78 Å². The third-order valence-corrected chi connectivity index (χ3v) is 3.00. The number of ketones is 1. The molecule has 0 saturated carbocycles. The van der Waals surface area contributed by atoms with Crippen LogP contribution in [0, 0.1) is 0 Å². The second-order valence-electron chi connectivity index (χ2n) is 3.45. The summed E-state index contributed by atoms with van der Waals surface area (Å²) >= 11 is 0. The van der Waals surface area contributed by atoms with Crippen LogP contribution in [0.15, 0.2) is 0 Å². The first-order valence-corrected chi connectivity index (χ1v) is 6.15. The standard InChI is InChI=1S/C8H11F5O4S/c1-3-4-6(7(9,10)5(2)14)17-18(15,16)8(11,12)13/h6H,3-4H2,1-2H3. The van der Waals surface area contributed by atoms with Crippen molar-refractivity contribution in [2.75, 3.05) is 0 Å². The highest BCUT2D eigenvalue weighted by molar-refractivity contribution is 7.87. The van der Waals surface area contributed by atoms with Crippen molar-refractivity contribution in [1.29, 1.82) is 0 Å². The van der Waals surface area contributed by atoms with E-state index in [0.717, 1.165) is 0 Å². The lowest BCUT2D eigenvalue weighted by molar-refractivity contribution is -0.157. The second kappa shape index (κ2) is 5.47. The summed E-state index contributed by atoms with van der Waals surface area (Å²) in [6.45, 7) is 1.76. The molecule has 0 rings (SSSR count). The molecule has 10 heteroatoms. The van der Waals surface area contributed by atoms with Crippen molar-refractivity contribution in [2.45, 2.75) is 44.2 Å². The Kier molecular flexibility index (Phi) is 5.24. The molecule has 18 heavy (non-hydrogen) atoms. The van der Waals surface area contributed by atoms with Crippen molar-refractivity contribution < 1.29 is 39.3 Å². The van der Waals surface area contributed by atoms with E-state index < -0.39 is 39.9 Å². The van der Waals surface area contributed by atoms with Gasteiger partial charge in [-0.1, -0.05) is 13.3 Å². The molecule has 0 amide bonds. The summed E-state index contributed by atoms with van der Waals surface area (Å²) in [6, 6.07) is 0. The summed E-state index contributed by atoms with van der Waals surface area (Å²) in [5, 5.41) is 0. The SMILES string of the molecule is CCCC(OS(=O)(=O)C(F)(F)F)C(F)(F)C(C)=O. The molecular formula is C8H11F5O4S. The van der Waals surface area contributed by atoms with Crippen molar-refractivity contribution in [3.05, 3.63) is 0 Å². The van der Waals surface area contributed by atoms with E-state index in [1.807, 2.05) is 0 Å². The molecule has 4 nitrogen and oxygen atoms in total. The molecule has 0 aromatic heterocycles. The van der Waals surface area contributed by atoms with E-state index in [2.05, 4.69) is 4.18 Å². The second-order valence-corrected chi connectivity index (χ2v) is 5.02. The molecule has 0 bridgehead atoms. The zero-order valence-electron chi connectivity index (χ0n) is 9.42. The molecule has 0 spiro atoms. The third kappa shape index (κ3) is 3.87. The van der Waals surface area contributed by atoms with Crippen molar-refractivity contribution in [3.8, 4) is 0 Å². The molecule has 0 aliphatic heterocycles. The maximum atomic E-state index is 13.2. The predicted molar refractivity (Wildman–Crippen MR) is 50.4 cm³/mol. The molecule has 0 aromatic rings. The van der Waals surface area contributed by atoms with Crippen molar-refractivity contribution in [2.24, 2.45) is 0 Å². The molecule has 0 saturated heterocycles. The minimum absolute atomic E-state index is 0.0824. The summed E-state index contributed by atoms with van der Waals surface area (Å²) < 4.78 is 87.0. The summed E-state index contributed by atoms with van der Waals surface area (Å²) in [7, 11) is -6.17. The molecule has 0 radical (unpaired) electrons. The fourth-order valence-electron chi connectivity index (χ4n) is 0.986. The molecule has 0 heterocycles. The Morgan fingerprint density at radius 1 is 1.22 bits per heavy atom. The summed E-state index contributed by atoms with van der Waals surface area (Å²) in [4.78, 5) is 10.6. The number of carbonyl (C=O) groups excluding carboxylic acids is 1. The number of halogens is 5. The Bertz CT molecular complexity index is 400. The van der Waals surface area contributed by atoms with Gasteiger partial charge in [-0.05, 0) is 6.42 Å². The van der Waals surface area contributed by atoms with Crippen LogP contribution < -0.4 is 0 Å². The molecule has 0 aliphatic carbocycles. The summed E-state index contributed by atoms with van der Waals surface area (Å²) in [5.74, 6) is -6.06. The Balaban J connectivity index is 5.26. The van der Waals surface area contributed by atoms with E-state index in [9.17, 15) is 35.2 Å². The fraction of sp³-hybridized carbons (Fsp3) is 0.875. The lowest BCUT2D eigenvalue weighted by Crippen LogP contribution is -2.45. The zero-order valence-corrected chi connectivity index (χ0v) is 10.2. The van der Waals surface area contributed by atoms with E-state index in [-0.39, 0.29) is 6.42 Å². The topological polar surface area (TPSA) is 60.4 Å². The molecule has 0 aromatic carbocycles. The Labute approximate surface area is 100 Å². The van der Waals surface area contributed by atoms with Crippen LogP contribution >= 0.6 is 0 Å². The van der Waals surface area contributed by atoms with E-state index >= 15 is 0 Å². The van der Waals surface area contributed by atoms with Gasteiger partial charge in [-0.3, -0.25) is 8.98 Å². The molecule has 1 atom stereocenters. The van der Waals surface area contributed by atoms with Gasteiger partial charge >= 0.3 is 21.5 Å². The molecular weight excluding hydrogens is 287 g/mol. The van der Waals surface area contributed by atoms with Gasteiger partial charge in [-0.15, -0.1) is 0 Å². The Morgan fingerprint density at radius 2 is 1.67 bits per heavy atom. The highest BCUT2D eigenvalue weighted by Crippen LogP contribution is 2.32. The first-order valence-electron chi connectivity index (χ1n) is 4.74. The average Bonchev–Trinajstić information content (AvgIpc) is 2.14. The van der Waals surface area contributed by atoms with E-state index in [1.54, 1.807) is 0 Å². The number of hydrogen-bond acceptors (Lipinski definition) is 4. The van der Waals surface area contributed by atoms with E-state index in [4.69, 9.17) is 0 Å². The van der Waals surface area contributed by atoms with Crippen LogP contribution in [0.25, 0.3) is 0 Å². The van der Waals surface area contributed by atoms with Crippen LogP contribution in [0.3, 0.4) is 0 Å². The largest absolute Gasteiger partial charge is 0.523 e. The molecule has 108 valence electrons. The van der Waals surface area contributed by atoms with Crippen LogP contribution in [-0.4, -0.2) is 31.7 Å². The average molecular weight is 298 g/mol. The molecule has 0 aliphatic rings. The minimum Gasteiger partial charge on any atom is -0.293 e. The summed E-state index contributed by atoms with van der Waals surface area (Å²) in [6.07, 6.45) is -3.45. The molecule has 0 fully saturated rings. The normalized spacial score (nSPS) is 15.5. The quantitative estimate of drug-likeness (QED) is 0.429. The zero-order chi connectivity index (χ0) is 14.8. The van der Waals surface area contributed by atoms with Crippen LogP contribution in [0.4, 0.5) is 22.0 Å². The Morgan fingerprint density at radius 3 is 1.94 bits per heavy atom. The first-order chi connectivity index (χ1) is 7.86. The maximum Gasteiger partial charge on any atom is 0.523 e. The minimum atomic E-state index is -6.17. The van der Waals surface area contributed by atoms with E-state index in [1.165, 1.54) is 6.92 Å². The molecule has 1 unspecified atom stereocenters. The molecule has 0 N–H and O–H groups in total. The monoisotopic (exact) mass is 298 g/mol. The maximum absolute atomic E-state index is 13.2. The van der Waals surface area contributed by atoms with Gasteiger partial charge in [0.15, 0.2) is 0 Å². The van der Waals surface area contributed by atoms with Gasteiger partial charge in [0, 0.05) is 6.92 Å². The third-order valence-electron chi connectivity index (χ3n) is 1.95. The van der Waals surface area contributed by atoms with Crippen molar-refractivity contribution in [3.63, 3.8) is 0 Å². The van der Waals surface area contributed by atoms with Crippen molar-refractivity contribution in [1.82, 2.24) is 0 Å². The van der Waals surface area contributed by atoms with Crippen molar-refractivity contribution >= 4 is 15.9 Å². The summed E-state index contributed by atoms with van der Waals surface area (Å²) in [5.41, 5.74) is -5.81. The van der Waals surface area contributed by atoms with Gasteiger partial charge in [-0.25, -0.2) is 0 Å². The van der Waals surface area contributed by atoms with Crippen LogP contribution in [0.1, 0.15) is 26.7 Å². The predicted octanol–water partition coefficient (Wildman–Crippen LogP) is 2.25. The van der Waals surface area contributed by atoms with Crippen LogP contribution in [0.5, 0.6) is 0 Å². The highest BCUT2D eigenvalue weighted by Gasteiger charge is 2.54. The van der Waals surface area contributed by atoms with Gasteiger partial charge in [0.25, 0.3) is 0 Å². The number of hydrogen-bond donors (Lipinski definition) is 0. The van der Waals surface area contributed by atoms with Gasteiger partial charge < -0.3 is 0 Å². The van der Waals surface area contributed by atoms with Crippen LogP contribution in [0.2, 0.25) is 0 Å². The van der Waals surface area contributed by atoms with Gasteiger partial charge in [-0.2, -0.15) is 30.4 Å². The van der Waals surface area contributed by atoms with Crippen LogP contribution in [-0.2, 0) is 19.1 Å². The Hall–Kier alpha value is -0.770. The lowest BCUT2D eigenvalue weighted by Gasteiger charge is -2.24. The van der Waals surface area contributed by atoms with Gasteiger partial charge in [0.1, 0.15) is 6.10 Å². The van der Waals surface area contributed by atoms with E-state index in [0.29, 0.717) is 6.92 Å². The number of Topliss-reactive ketones (excluding diaryl/α,β-unsaturated/α-hetero) is 1. The van der Waals surface area contributed by atoms with Gasteiger partial charge in [0.05, 0.1) is 0 Å². The fourth-order valence-corrected chi connectivity index (χ4v) is 1.62. The number of alkyl halides is 5.